The fourth-order valence-electron chi connectivity index (χ4n) is 5.06. The molecule has 13 heteroatoms. The summed E-state index contributed by atoms with van der Waals surface area (Å²) in [5, 5.41) is 27.9. The molecule has 0 unspecified atom stereocenters. The van der Waals surface area contributed by atoms with Crippen LogP contribution in [0.5, 0.6) is 11.5 Å². The lowest BCUT2D eigenvalue weighted by Gasteiger charge is -2.23. The van der Waals surface area contributed by atoms with Crippen molar-refractivity contribution in [2.75, 3.05) is 26.1 Å². The van der Waals surface area contributed by atoms with Gasteiger partial charge in [-0.2, -0.15) is 0 Å². The monoisotopic (exact) mass is 559 g/mol. The van der Waals surface area contributed by atoms with Crippen molar-refractivity contribution in [1.82, 2.24) is 29.8 Å². The molecule has 5 aromatic rings. The van der Waals surface area contributed by atoms with Crippen molar-refractivity contribution in [3.8, 4) is 11.5 Å². The number of ether oxygens (including phenoxy) is 3. The first kappa shape index (κ1) is 26.5. The summed E-state index contributed by atoms with van der Waals surface area (Å²) in [6, 6.07) is 11.9. The minimum atomic E-state index is -1.17. The Hall–Kier alpha value is -4.72. The number of hydrogen-bond acceptors (Lipinski definition) is 10. The number of aliphatic hydroxyl groups is 2. The van der Waals surface area contributed by atoms with Crippen molar-refractivity contribution in [1.29, 1.82) is 0 Å². The number of aliphatic hydroxyl groups excluding tert-OH is 2. The summed E-state index contributed by atoms with van der Waals surface area (Å²) in [4.78, 5) is 29.6. The number of hydrogen-bond donors (Lipinski definition) is 5. The molecule has 3 aromatic heterocycles. The number of carbonyl (C=O) groups excluding carboxylic acids is 1. The first-order valence-electron chi connectivity index (χ1n) is 13.0. The number of carbonyl (C=O) groups is 1. The molecule has 2 aromatic carbocycles. The van der Waals surface area contributed by atoms with Crippen LogP contribution in [0.25, 0.3) is 22.1 Å². The predicted molar refractivity (Wildman–Crippen MR) is 149 cm³/mol. The molecule has 212 valence electrons. The molecule has 1 amide bonds. The van der Waals surface area contributed by atoms with Gasteiger partial charge in [0.05, 0.1) is 27.2 Å². The molecule has 0 radical (unpaired) electrons. The molecule has 0 bridgehead atoms. The molecule has 4 atom stereocenters. The molecule has 1 saturated heterocycles. The number of amides is 1. The number of methoxy groups -OCH3 is 2. The molecular weight excluding hydrogens is 530 g/mol. The minimum absolute atomic E-state index is 0.388. The Morgan fingerprint density at radius 3 is 2.76 bits per heavy atom. The van der Waals surface area contributed by atoms with Crippen LogP contribution in [0.3, 0.4) is 0 Å². The number of imidazole rings is 1. The SMILES string of the molecule is COc1ccc(CNc2ncnc3c2ncn3[C@@H]2O[C@H](CO)[C@@H](O)[C@H]2NC(=O)c2ccc3[nH]ccc3c2)cc1OC. The van der Waals surface area contributed by atoms with Gasteiger partial charge in [0.2, 0.25) is 0 Å². The van der Waals surface area contributed by atoms with Gasteiger partial charge in [0, 0.05) is 29.2 Å². The largest absolute Gasteiger partial charge is 0.493 e. The lowest BCUT2D eigenvalue weighted by atomic mass is 10.1. The topological polar surface area (TPSA) is 169 Å². The molecule has 0 spiro atoms. The smallest absolute Gasteiger partial charge is 0.251 e. The predicted octanol–water partition coefficient (Wildman–Crippen LogP) is 1.99. The van der Waals surface area contributed by atoms with Gasteiger partial charge in [0.15, 0.2) is 34.7 Å². The average molecular weight is 560 g/mol. The maximum Gasteiger partial charge on any atom is 0.251 e. The van der Waals surface area contributed by atoms with Gasteiger partial charge in [-0.15, -0.1) is 0 Å². The molecule has 41 heavy (non-hydrogen) atoms. The molecule has 1 fully saturated rings. The number of nitrogens with one attached hydrogen (secondary N) is 3. The number of H-pyrrole nitrogens is 1. The molecule has 6 rings (SSSR count). The first-order valence-corrected chi connectivity index (χ1v) is 13.0. The fraction of sp³-hybridized carbons (Fsp3) is 0.286. The van der Waals surface area contributed by atoms with Crippen LogP contribution in [0.1, 0.15) is 22.1 Å². The van der Waals surface area contributed by atoms with Crippen LogP contribution in [-0.4, -0.2) is 79.7 Å². The molecule has 4 heterocycles. The van der Waals surface area contributed by atoms with Gasteiger partial charge < -0.3 is 40.0 Å². The molecule has 1 aliphatic rings. The van der Waals surface area contributed by atoms with E-state index in [0.717, 1.165) is 16.5 Å². The van der Waals surface area contributed by atoms with Crippen molar-refractivity contribution in [3.05, 3.63) is 72.4 Å². The number of rotatable bonds is 9. The number of nitrogens with zero attached hydrogens (tertiary/aromatic N) is 4. The van der Waals surface area contributed by atoms with Crippen LogP contribution < -0.4 is 20.1 Å². The lowest BCUT2D eigenvalue weighted by molar-refractivity contribution is -0.0440. The Balaban J connectivity index is 1.26. The van der Waals surface area contributed by atoms with Crippen LogP contribution >= 0.6 is 0 Å². The van der Waals surface area contributed by atoms with Gasteiger partial charge in [0.1, 0.15) is 24.6 Å². The van der Waals surface area contributed by atoms with E-state index in [1.807, 2.05) is 30.3 Å². The van der Waals surface area contributed by atoms with Gasteiger partial charge in [-0.3, -0.25) is 9.36 Å². The zero-order chi connectivity index (χ0) is 28.5. The molecule has 1 aliphatic heterocycles. The molecule has 5 N–H and O–H groups in total. The van der Waals surface area contributed by atoms with Crippen molar-refractivity contribution in [2.24, 2.45) is 0 Å². The van der Waals surface area contributed by atoms with Crippen LogP contribution in [0.2, 0.25) is 0 Å². The van der Waals surface area contributed by atoms with E-state index in [1.165, 1.54) is 12.7 Å². The molecule has 13 nitrogen and oxygen atoms in total. The fourth-order valence-corrected chi connectivity index (χ4v) is 5.06. The third-order valence-corrected chi connectivity index (χ3v) is 7.20. The summed E-state index contributed by atoms with van der Waals surface area (Å²) in [5.74, 6) is 1.34. The van der Waals surface area contributed by atoms with E-state index in [4.69, 9.17) is 14.2 Å². The second-order valence-electron chi connectivity index (χ2n) is 9.61. The zero-order valence-corrected chi connectivity index (χ0v) is 22.3. The number of benzene rings is 2. The maximum absolute atomic E-state index is 13.2. The van der Waals surface area contributed by atoms with E-state index < -0.39 is 31.1 Å². The Morgan fingerprint density at radius 1 is 1.10 bits per heavy atom. The standard InChI is InChI=1S/C28H29N7O6/c1-39-19-6-3-15(9-20(19)40-2)11-30-25-23-26(32-13-31-25)35(14-33-23)28-22(24(37)21(12-36)41-28)34-27(38)17-4-5-18-16(10-17)7-8-29-18/h3-10,13-14,21-22,24,28-29,36-37H,11-12H2,1-2H3,(H,34,38)(H,30,31,32)/t21-,22-,24-,28-/m1/s1. The van der Waals surface area contributed by atoms with Crippen LogP contribution in [0.4, 0.5) is 5.82 Å². The van der Waals surface area contributed by atoms with Crippen molar-refractivity contribution >= 4 is 33.8 Å². The number of aromatic amines is 1. The average Bonchev–Trinajstić information content (AvgIpc) is 3.73. The van der Waals surface area contributed by atoms with Crippen molar-refractivity contribution in [2.45, 2.75) is 31.0 Å². The second-order valence-corrected chi connectivity index (χ2v) is 9.61. The van der Waals surface area contributed by atoms with E-state index in [2.05, 4.69) is 30.6 Å². The highest BCUT2D eigenvalue weighted by Crippen LogP contribution is 2.33. The maximum atomic E-state index is 13.2. The summed E-state index contributed by atoms with van der Waals surface area (Å²) < 4.78 is 18.3. The van der Waals surface area contributed by atoms with Gasteiger partial charge in [-0.1, -0.05) is 6.07 Å². The number of aromatic nitrogens is 5. The highest BCUT2D eigenvalue weighted by atomic mass is 16.5. The molecule has 0 saturated carbocycles. The van der Waals surface area contributed by atoms with E-state index >= 15 is 0 Å². The highest BCUT2D eigenvalue weighted by Gasteiger charge is 2.46. The van der Waals surface area contributed by atoms with E-state index in [9.17, 15) is 15.0 Å². The van der Waals surface area contributed by atoms with Crippen LogP contribution in [0, 0.1) is 0 Å². The van der Waals surface area contributed by atoms with E-state index in [1.54, 1.807) is 37.1 Å². The molecule has 0 aliphatic carbocycles. The van der Waals surface area contributed by atoms with Gasteiger partial charge in [0.25, 0.3) is 5.91 Å². The van der Waals surface area contributed by atoms with Crippen molar-refractivity contribution in [3.63, 3.8) is 0 Å². The second kappa shape index (κ2) is 11.0. The van der Waals surface area contributed by atoms with Crippen molar-refractivity contribution < 1.29 is 29.2 Å². The Morgan fingerprint density at radius 2 is 1.95 bits per heavy atom. The third-order valence-electron chi connectivity index (χ3n) is 7.20. The van der Waals surface area contributed by atoms with E-state index in [-0.39, 0.29) is 5.91 Å². The number of anilines is 1. The minimum Gasteiger partial charge on any atom is -0.493 e. The van der Waals surface area contributed by atoms with Gasteiger partial charge in [-0.05, 0) is 42.0 Å². The summed E-state index contributed by atoms with van der Waals surface area (Å²) >= 11 is 0. The lowest BCUT2D eigenvalue weighted by Crippen LogP contribution is -2.46. The zero-order valence-electron chi connectivity index (χ0n) is 22.3. The summed E-state index contributed by atoms with van der Waals surface area (Å²) in [7, 11) is 3.16. The molecular formula is C28H29N7O6. The Labute approximate surface area is 234 Å². The highest BCUT2D eigenvalue weighted by molar-refractivity contribution is 5.98. The Bertz CT molecular complexity index is 1700. The first-order chi connectivity index (χ1) is 20.0. The van der Waals surface area contributed by atoms with Gasteiger partial charge >= 0.3 is 0 Å². The van der Waals surface area contributed by atoms with Gasteiger partial charge in [-0.25, -0.2) is 15.0 Å². The normalized spacial score (nSPS) is 20.4. The summed E-state index contributed by atoms with van der Waals surface area (Å²) in [5.41, 5.74) is 3.17. The summed E-state index contributed by atoms with van der Waals surface area (Å²) in [6.07, 6.45) is 1.73. The third kappa shape index (κ3) is 4.90. The van der Waals surface area contributed by atoms with E-state index in [0.29, 0.717) is 40.6 Å². The number of fused-ring (bicyclic) bond motifs is 2. The van der Waals surface area contributed by atoms with Crippen LogP contribution in [-0.2, 0) is 11.3 Å². The quantitative estimate of drug-likeness (QED) is 0.180. The Kier molecular flexibility index (Phi) is 7.14. The summed E-state index contributed by atoms with van der Waals surface area (Å²) in [6.45, 7) is -0.00614. The van der Waals surface area contributed by atoms with Crippen LogP contribution in [0.15, 0.2) is 61.3 Å².